The Balaban J connectivity index is 2.11. The van der Waals surface area contributed by atoms with E-state index in [9.17, 15) is 4.39 Å². The van der Waals surface area contributed by atoms with Gasteiger partial charge in [-0.1, -0.05) is 49.4 Å². The van der Waals surface area contributed by atoms with Gasteiger partial charge in [0.2, 0.25) is 0 Å². The first kappa shape index (κ1) is 13.8. The zero-order valence-electron chi connectivity index (χ0n) is 11.3. The second-order valence-electron chi connectivity index (χ2n) is 5.18. The normalized spacial score (nSPS) is 14.1. The van der Waals surface area contributed by atoms with Gasteiger partial charge in [0.25, 0.3) is 0 Å². The van der Waals surface area contributed by atoms with Gasteiger partial charge in [-0.25, -0.2) is 4.39 Å². The predicted octanol–water partition coefficient (Wildman–Crippen LogP) is 3.72. The first-order valence-electron chi connectivity index (χ1n) is 6.68. The number of benzene rings is 2. The fourth-order valence-electron chi connectivity index (χ4n) is 2.32. The van der Waals surface area contributed by atoms with Crippen molar-refractivity contribution < 1.29 is 4.39 Å². The Morgan fingerprint density at radius 1 is 0.895 bits per heavy atom. The molecule has 0 aliphatic heterocycles. The molecule has 0 amide bonds. The topological polar surface area (TPSA) is 26.0 Å². The summed E-state index contributed by atoms with van der Waals surface area (Å²) in [6.07, 6.45) is 2.49. The molecule has 19 heavy (non-hydrogen) atoms. The van der Waals surface area contributed by atoms with Crippen LogP contribution in [0.4, 0.5) is 4.39 Å². The van der Waals surface area contributed by atoms with Gasteiger partial charge in [-0.3, -0.25) is 0 Å². The van der Waals surface area contributed by atoms with E-state index < -0.39 is 0 Å². The minimum Gasteiger partial charge on any atom is -0.325 e. The van der Waals surface area contributed by atoms with Crippen LogP contribution in [0.1, 0.15) is 24.5 Å². The third-order valence-corrected chi connectivity index (χ3v) is 3.57. The highest BCUT2D eigenvalue weighted by Gasteiger charge is 2.23. The summed E-state index contributed by atoms with van der Waals surface area (Å²) < 4.78 is 12.9. The van der Waals surface area contributed by atoms with Gasteiger partial charge < -0.3 is 5.73 Å². The van der Waals surface area contributed by atoms with Crippen molar-refractivity contribution >= 4 is 0 Å². The molecule has 0 saturated carbocycles. The van der Waals surface area contributed by atoms with Gasteiger partial charge in [-0.05, 0) is 42.5 Å². The predicted molar refractivity (Wildman–Crippen MR) is 77.5 cm³/mol. The van der Waals surface area contributed by atoms with Gasteiger partial charge in [0, 0.05) is 5.54 Å². The first-order chi connectivity index (χ1) is 9.11. The molecule has 0 saturated heterocycles. The minimum absolute atomic E-state index is 0.203. The zero-order chi connectivity index (χ0) is 13.7. The van der Waals surface area contributed by atoms with E-state index in [-0.39, 0.29) is 11.4 Å². The van der Waals surface area contributed by atoms with E-state index in [0.29, 0.717) is 0 Å². The van der Waals surface area contributed by atoms with E-state index in [2.05, 4.69) is 19.1 Å². The third kappa shape index (κ3) is 3.90. The molecule has 0 aliphatic carbocycles. The monoisotopic (exact) mass is 257 g/mol. The summed E-state index contributed by atoms with van der Waals surface area (Å²) in [4.78, 5) is 0. The molecule has 2 N–H and O–H groups in total. The largest absolute Gasteiger partial charge is 0.325 e. The number of nitrogens with two attached hydrogens (primary N) is 1. The molecule has 100 valence electrons. The highest BCUT2D eigenvalue weighted by molar-refractivity contribution is 5.22. The lowest BCUT2D eigenvalue weighted by Crippen LogP contribution is -2.43. The molecule has 0 heterocycles. The molecule has 2 rings (SSSR count). The average molecular weight is 257 g/mol. The summed E-state index contributed by atoms with van der Waals surface area (Å²) >= 11 is 0. The fraction of sp³-hybridized carbons (Fsp3) is 0.294. The second-order valence-corrected chi connectivity index (χ2v) is 5.18. The molecule has 2 aromatic rings. The minimum atomic E-state index is -0.279. The van der Waals surface area contributed by atoms with Crippen LogP contribution >= 0.6 is 0 Å². The Labute approximate surface area is 114 Å². The summed E-state index contributed by atoms with van der Waals surface area (Å²) in [7, 11) is 0. The maximum absolute atomic E-state index is 12.9. The summed E-state index contributed by atoms with van der Waals surface area (Å²) in [6, 6.07) is 16.9. The summed E-state index contributed by atoms with van der Waals surface area (Å²) in [5.74, 6) is -0.203. The van der Waals surface area contributed by atoms with Crippen molar-refractivity contribution in [3.63, 3.8) is 0 Å². The molecular formula is C17H20FN. The second kappa shape index (κ2) is 5.98. The smallest absolute Gasteiger partial charge is 0.123 e. The summed E-state index contributed by atoms with van der Waals surface area (Å²) in [5.41, 5.74) is 8.56. The van der Waals surface area contributed by atoms with E-state index in [1.165, 1.54) is 17.7 Å². The maximum Gasteiger partial charge on any atom is 0.123 e. The fourth-order valence-corrected chi connectivity index (χ4v) is 2.32. The Hall–Kier alpha value is -1.67. The van der Waals surface area contributed by atoms with Gasteiger partial charge in [0.15, 0.2) is 0 Å². The van der Waals surface area contributed by atoms with Crippen LogP contribution in [-0.4, -0.2) is 5.54 Å². The highest BCUT2D eigenvalue weighted by atomic mass is 19.1. The Morgan fingerprint density at radius 3 is 1.95 bits per heavy atom. The molecule has 0 bridgehead atoms. The van der Waals surface area contributed by atoms with E-state index >= 15 is 0 Å². The van der Waals surface area contributed by atoms with E-state index in [1.807, 2.05) is 30.3 Å². The average Bonchev–Trinajstić information content (AvgIpc) is 2.42. The lowest BCUT2D eigenvalue weighted by Gasteiger charge is -2.28. The van der Waals surface area contributed by atoms with E-state index in [4.69, 9.17) is 5.73 Å². The quantitative estimate of drug-likeness (QED) is 0.868. The molecule has 1 nitrogen and oxygen atoms in total. The third-order valence-electron chi connectivity index (χ3n) is 3.57. The van der Waals surface area contributed by atoms with Crippen molar-refractivity contribution in [3.05, 3.63) is 71.5 Å². The van der Waals surface area contributed by atoms with Gasteiger partial charge in [-0.2, -0.15) is 0 Å². The van der Waals surface area contributed by atoms with Crippen LogP contribution < -0.4 is 5.73 Å². The Morgan fingerprint density at radius 2 is 1.42 bits per heavy atom. The van der Waals surface area contributed by atoms with Crippen molar-refractivity contribution in [1.29, 1.82) is 0 Å². The zero-order valence-corrected chi connectivity index (χ0v) is 11.3. The lowest BCUT2D eigenvalue weighted by atomic mass is 9.83. The number of hydrogen-bond acceptors (Lipinski definition) is 1. The Bertz CT molecular complexity index is 507. The first-order valence-corrected chi connectivity index (χ1v) is 6.68. The molecule has 0 aliphatic rings. The molecule has 0 aromatic heterocycles. The van der Waals surface area contributed by atoms with Gasteiger partial charge in [0.1, 0.15) is 5.82 Å². The molecule has 2 aromatic carbocycles. The molecule has 0 fully saturated rings. The van der Waals surface area contributed by atoms with Crippen LogP contribution in [0, 0.1) is 5.82 Å². The lowest BCUT2D eigenvalue weighted by molar-refractivity contribution is 0.404. The van der Waals surface area contributed by atoms with E-state index in [1.54, 1.807) is 0 Å². The van der Waals surface area contributed by atoms with Crippen molar-refractivity contribution in [2.24, 2.45) is 5.73 Å². The molecule has 2 heteroatoms. The summed E-state index contributed by atoms with van der Waals surface area (Å²) in [5, 5.41) is 0. The molecule has 1 atom stereocenters. The number of rotatable bonds is 5. The summed E-state index contributed by atoms with van der Waals surface area (Å²) in [6.45, 7) is 2.10. The Kier molecular flexibility index (Phi) is 4.33. The molecule has 0 spiro atoms. The van der Waals surface area contributed by atoms with Crippen LogP contribution in [0.15, 0.2) is 54.6 Å². The van der Waals surface area contributed by atoms with E-state index in [0.717, 1.165) is 24.8 Å². The SMILES string of the molecule is CCC(N)(Cc1ccccc1)Cc1ccc(F)cc1. The number of halogens is 1. The maximum atomic E-state index is 12.9. The van der Waals surface area contributed by atoms with Crippen molar-refractivity contribution in [1.82, 2.24) is 0 Å². The van der Waals surface area contributed by atoms with Gasteiger partial charge in [-0.15, -0.1) is 0 Å². The molecule has 0 radical (unpaired) electrons. The standard InChI is InChI=1S/C17H20FN/c1-2-17(19,12-14-6-4-3-5-7-14)13-15-8-10-16(18)11-9-15/h3-11H,2,12-13,19H2,1H3. The van der Waals surface area contributed by atoms with Crippen LogP contribution in [0.25, 0.3) is 0 Å². The van der Waals surface area contributed by atoms with Gasteiger partial charge >= 0.3 is 0 Å². The van der Waals surface area contributed by atoms with Crippen LogP contribution in [0.5, 0.6) is 0 Å². The van der Waals surface area contributed by atoms with Crippen LogP contribution in [0.3, 0.4) is 0 Å². The van der Waals surface area contributed by atoms with Crippen LogP contribution in [-0.2, 0) is 12.8 Å². The van der Waals surface area contributed by atoms with Crippen molar-refractivity contribution in [2.45, 2.75) is 31.7 Å². The van der Waals surface area contributed by atoms with Crippen LogP contribution in [0.2, 0.25) is 0 Å². The number of hydrogen-bond donors (Lipinski definition) is 1. The van der Waals surface area contributed by atoms with Crippen molar-refractivity contribution in [2.75, 3.05) is 0 Å². The van der Waals surface area contributed by atoms with Crippen molar-refractivity contribution in [3.8, 4) is 0 Å². The molecular weight excluding hydrogens is 237 g/mol. The highest BCUT2D eigenvalue weighted by Crippen LogP contribution is 2.20. The molecule has 1 unspecified atom stereocenters. The van der Waals surface area contributed by atoms with Gasteiger partial charge in [0.05, 0.1) is 0 Å².